The van der Waals surface area contributed by atoms with E-state index in [1.807, 2.05) is 0 Å². The molecule has 2 fully saturated rings. The lowest BCUT2D eigenvalue weighted by Crippen LogP contribution is -2.49. The summed E-state index contributed by atoms with van der Waals surface area (Å²) in [6, 6.07) is 0.502. The third-order valence-electron chi connectivity index (χ3n) is 4.29. The van der Waals surface area contributed by atoms with Crippen LogP contribution in [0.4, 0.5) is 4.79 Å². The molecule has 2 aliphatic heterocycles. The zero-order valence-electron chi connectivity index (χ0n) is 12.2. The van der Waals surface area contributed by atoms with Crippen LogP contribution in [0, 0.1) is 5.92 Å². The van der Waals surface area contributed by atoms with E-state index < -0.39 is 12.1 Å². The molecule has 118 valence electrons. The van der Waals surface area contributed by atoms with Crippen molar-refractivity contribution in [3.8, 4) is 0 Å². The number of imide groups is 1. The van der Waals surface area contributed by atoms with Crippen molar-refractivity contribution in [3.05, 3.63) is 0 Å². The summed E-state index contributed by atoms with van der Waals surface area (Å²) >= 11 is 0. The van der Waals surface area contributed by atoms with Gasteiger partial charge >= 0.3 is 12.1 Å². The molecule has 2 unspecified atom stereocenters. The molecule has 2 atom stereocenters. The topological polar surface area (TPSA) is 95.9 Å². The van der Waals surface area contributed by atoms with Gasteiger partial charge in [0.25, 0.3) is 0 Å². The summed E-state index contributed by atoms with van der Waals surface area (Å²) in [5.41, 5.74) is 0. The van der Waals surface area contributed by atoms with Crippen LogP contribution in [0.1, 0.15) is 39.0 Å². The van der Waals surface area contributed by atoms with Crippen molar-refractivity contribution in [3.63, 3.8) is 0 Å². The third kappa shape index (κ3) is 4.17. The highest BCUT2D eigenvalue weighted by molar-refractivity contribution is 5.92. The molecule has 2 heterocycles. The Balaban J connectivity index is 1.84. The highest BCUT2D eigenvalue weighted by atomic mass is 16.5. The Morgan fingerprint density at radius 1 is 1.24 bits per heavy atom. The largest absolute Gasteiger partial charge is 0.481 e. The number of carboxylic acid groups (broad SMARTS) is 1. The molecular formula is C14H22N2O5. The number of hydrogen-bond acceptors (Lipinski definition) is 5. The number of nitrogens with one attached hydrogen (secondary N) is 1. The van der Waals surface area contributed by atoms with E-state index in [0.29, 0.717) is 0 Å². The van der Waals surface area contributed by atoms with Gasteiger partial charge < -0.3 is 9.84 Å². The monoisotopic (exact) mass is 298 g/mol. The van der Waals surface area contributed by atoms with Crippen molar-refractivity contribution < 1.29 is 24.2 Å². The summed E-state index contributed by atoms with van der Waals surface area (Å²) in [5, 5.41) is 11.1. The van der Waals surface area contributed by atoms with E-state index >= 15 is 0 Å². The molecule has 0 saturated carbocycles. The second-order valence-corrected chi connectivity index (χ2v) is 5.76. The Morgan fingerprint density at radius 2 is 1.86 bits per heavy atom. The molecule has 0 aromatic rings. The fourth-order valence-corrected chi connectivity index (χ4v) is 3.55. The van der Waals surface area contributed by atoms with E-state index in [1.54, 1.807) is 6.92 Å². The van der Waals surface area contributed by atoms with Gasteiger partial charge in [0.1, 0.15) is 0 Å². The van der Waals surface area contributed by atoms with Crippen molar-refractivity contribution in [2.24, 2.45) is 5.92 Å². The number of carbonyl (C=O) groups is 3. The van der Waals surface area contributed by atoms with Crippen LogP contribution in [0.5, 0.6) is 0 Å². The average Bonchev–Trinajstić information content (AvgIpc) is 2.61. The zero-order valence-corrected chi connectivity index (χ0v) is 12.2. The lowest BCUT2D eigenvalue weighted by atomic mass is 9.88. The van der Waals surface area contributed by atoms with Gasteiger partial charge in [-0.1, -0.05) is 0 Å². The van der Waals surface area contributed by atoms with Gasteiger partial charge in [-0.3, -0.25) is 19.8 Å². The minimum Gasteiger partial charge on any atom is -0.481 e. The van der Waals surface area contributed by atoms with Gasteiger partial charge in [0.2, 0.25) is 5.91 Å². The van der Waals surface area contributed by atoms with Crippen molar-refractivity contribution in [1.82, 2.24) is 10.2 Å². The molecule has 7 heteroatoms. The molecule has 2 N–H and O–H groups in total. The fourth-order valence-electron chi connectivity index (χ4n) is 3.55. The molecule has 7 nitrogen and oxygen atoms in total. The van der Waals surface area contributed by atoms with E-state index in [9.17, 15) is 14.4 Å². The first-order valence-electron chi connectivity index (χ1n) is 7.43. The Labute approximate surface area is 123 Å². The lowest BCUT2D eigenvalue weighted by Gasteiger charge is -2.38. The molecule has 2 bridgehead atoms. The van der Waals surface area contributed by atoms with Gasteiger partial charge in [-0.2, -0.15) is 0 Å². The Kier molecular flexibility index (Phi) is 5.17. The average molecular weight is 298 g/mol. The molecule has 0 aliphatic carbocycles. The van der Waals surface area contributed by atoms with Crippen molar-refractivity contribution in [2.75, 3.05) is 13.2 Å². The number of ether oxygens (including phenoxy) is 1. The summed E-state index contributed by atoms with van der Waals surface area (Å²) in [6.45, 7) is 2.08. The first kappa shape index (κ1) is 15.8. The van der Waals surface area contributed by atoms with E-state index in [-0.39, 0.29) is 43.5 Å². The third-order valence-corrected chi connectivity index (χ3v) is 4.29. The highest BCUT2D eigenvalue weighted by Crippen LogP contribution is 2.39. The number of alkyl carbamates (subject to hydrolysis) is 1. The molecule has 0 radical (unpaired) electrons. The summed E-state index contributed by atoms with van der Waals surface area (Å²) in [7, 11) is 0. The van der Waals surface area contributed by atoms with Crippen molar-refractivity contribution in [2.45, 2.75) is 51.1 Å². The van der Waals surface area contributed by atoms with Gasteiger partial charge in [-0.05, 0) is 38.5 Å². The summed E-state index contributed by atoms with van der Waals surface area (Å²) in [4.78, 5) is 36.0. The number of hydrogen-bond donors (Lipinski definition) is 2. The quantitative estimate of drug-likeness (QED) is 0.785. The molecule has 21 heavy (non-hydrogen) atoms. The van der Waals surface area contributed by atoms with Crippen LogP contribution in [-0.4, -0.2) is 53.2 Å². The van der Waals surface area contributed by atoms with Crippen LogP contribution < -0.4 is 5.32 Å². The Morgan fingerprint density at radius 3 is 2.38 bits per heavy atom. The second kappa shape index (κ2) is 6.89. The zero-order chi connectivity index (χ0) is 15.4. The first-order chi connectivity index (χ1) is 9.99. The van der Waals surface area contributed by atoms with E-state index in [4.69, 9.17) is 5.11 Å². The summed E-state index contributed by atoms with van der Waals surface area (Å²) in [5.74, 6) is -0.917. The molecule has 2 aliphatic rings. The maximum absolute atomic E-state index is 11.8. The van der Waals surface area contributed by atoms with Crippen molar-refractivity contribution >= 4 is 18.0 Å². The summed E-state index contributed by atoms with van der Waals surface area (Å²) in [6.07, 6.45) is 3.11. The van der Waals surface area contributed by atoms with Gasteiger partial charge in [0.15, 0.2) is 0 Å². The number of piperidine rings is 1. The van der Waals surface area contributed by atoms with Gasteiger partial charge in [-0.25, -0.2) is 4.79 Å². The van der Waals surface area contributed by atoms with Gasteiger partial charge in [0, 0.05) is 18.5 Å². The number of amides is 2. The van der Waals surface area contributed by atoms with Crippen LogP contribution in [-0.2, 0) is 14.3 Å². The van der Waals surface area contributed by atoms with Crippen LogP contribution in [0.2, 0.25) is 0 Å². The lowest BCUT2D eigenvalue weighted by molar-refractivity contribution is -0.139. The number of rotatable bonds is 5. The number of carbonyl (C=O) groups excluding carboxylic acids is 2. The highest BCUT2D eigenvalue weighted by Gasteiger charge is 2.41. The number of nitrogens with zero attached hydrogens (tertiary/aromatic N) is 1. The number of carboxylic acids is 1. The molecule has 2 amide bonds. The van der Waals surface area contributed by atoms with Crippen LogP contribution in [0.25, 0.3) is 0 Å². The molecule has 0 aromatic carbocycles. The molecule has 2 saturated heterocycles. The van der Waals surface area contributed by atoms with Gasteiger partial charge in [-0.15, -0.1) is 0 Å². The van der Waals surface area contributed by atoms with Crippen LogP contribution in [0.15, 0.2) is 0 Å². The molecule has 2 rings (SSSR count). The first-order valence-corrected chi connectivity index (χ1v) is 7.43. The number of aliphatic carboxylic acids is 1. The van der Waals surface area contributed by atoms with Crippen LogP contribution >= 0.6 is 0 Å². The van der Waals surface area contributed by atoms with Crippen molar-refractivity contribution in [1.29, 1.82) is 0 Å². The standard InChI is InChI=1S/C14H22N2O5/c1-2-21-14(20)15-12(17)8-16-10-3-4-11(16)6-9(5-10)7-13(18)19/h9-11H,2-8H2,1H3,(H,18,19)(H,15,17,20). The second-order valence-electron chi connectivity index (χ2n) is 5.76. The normalized spacial score (nSPS) is 28.1. The molecular weight excluding hydrogens is 276 g/mol. The predicted octanol–water partition coefficient (Wildman–Crippen LogP) is 0.977. The Hall–Kier alpha value is -1.63. The van der Waals surface area contributed by atoms with Gasteiger partial charge in [0.05, 0.1) is 13.2 Å². The minimum absolute atomic E-state index is 0.175. The predicted molar refractivity (Wildman–Crippen MR) is 73.7 cm³/mol. The van der Waals surface area contributed by atoms with E-state index in [0.717, 1.165) is 25.7 Å². The van der Waals surface area contributed by atoms with Crippen LogP contribution in [0.3, 0.4) is 0 Å². The van der Waals surface area contributed by atoms with E-state index in [2.05, 4.69) is 15.0 Å². The fraction of sp³-hybridized carbons (Fsp3) is 0.786. The Bertz CT molecular complexity index is 412. The number of fused-ring (bicyclic) bond motifs is 2. The minimum atomic E-state index is -0.757. The molecule has 0 aromatic heterocycles. The maximum Gasteiger partial charge on any atom is 0.413 e. The summed E-state index contributed by atoms with van der Waals surface area (Å²) < 4.78 is 4.68. The van der Waals surface area contributed by atoms with E-state index in [1.165, 1.54) is 0 Å². The maximum atomic E-state index is 11.8. The molecule has 0 spiro atoms. The smallest absolute Gasteiger partial charge is 0.413 e. The SMILES string of the molecule is CCOC(=O)NC(=O)CN1C2CCC1CC(CC(=O)O)C2.